The van der Waals surface area contributed by atoms with Crippen LogP contribution in [0.4, 0.5) is 0 Å². The van der Waals surface area contributed by atoms with Crippen LogP contribution in [0.25, 0.3) is 11.3 Å². The average Bonchev–Trinajstić information content (AvgIpc) is 2.82. The molecule has 2 aliphatic heterocycles. The minimum absolute atomic E-state index is 0. The van der Waals surface area contributed by atoms with Crippen LogP contribution in [-0.4, -0.2) is 9.97 Å². The molecule has 0 spiro atoms. The second-order valence-electron chi connectivity index (χ2n) is 9.80. The summed E-state index contributed by atoms with van der Waals surface area (Å²) in [5, 5.41) is 2.89. The summed E-state index contributed by atoms with van der Waals surface area (Å²) in [7, 11) is -3.05. The molecule has 4 aromatic rings. The first-order chi connectivity index (χ1) is 15.3. The van der Waals surface area contributed by atoms with Gasteiger partial charge < -0.3 is 9.55 Å². The molecule has 3 aromatic carbocycles. The van der Waals surface area contributed by atoms with Gasteiger partial charge in [-0.15, -0.1) is 28.8 Å². The Morgan fingerprint density at radius 2 is 1.42 bits per heavy atom. The summed E-state index contributed by atoms with van der Waals surface area (Å²) in [6, 6.07) is 22.3. The third kappa shape index (κ3) is 2.81. The summed E-state index contributed by atoms with van der Waals surface area (Å²) in [6.45, 7) is 8.91. The van der Waals surface area contributed by atoms with Gasteiger partial charge in [0.15, 0.2) is 0 Å². The van der Waals surface area contributed by atoms with Crippen LogP contribution in [0.1, 0.15) is 49.9 Å². The molecule has 1 unspecified atom stereocenters. The molecule has 1 atom stereocenters. The van der Waals surface area contributed by atoms with Crippen LogP contribution in [0.15, 0.2) is 73.2 Å². The maximum Gasteiger partial charge on any atom is 0.135 e. The van der Waals surface area contributed by atoms with Crippen molar-refractivity contribution in [2.45, 2.75) is 38.5 Å². The van der Waals surface area contributed by atoms with Crippen molar-refractivity contribution in [3.05, 3.63) is 102 Å². The van der Waals surface area contributed by atoms with E-state index in [1.54, 1.807) is 18.6 Å². The average molecular weight is 628 g/mol. The van der Waals surface area contributed by atoms with Gasteiger partial charge in [0.2, 0.25) is 0 Å². The first-order valence-electron chi connectivity index (χ1n) is 11.0. The van der Waals surface area contributed by atoms with Gasteiger partial charge in [0.1, 0.15) is 7.14 Å². The van der Waals surface area contributed by atoms with Crippen molar-refractivity contribution in [2.75, 3.05) is 0 Å². The standard InChI is InChI=1S/C28H24N2OP.Ir/c1-27(2)19-9-5-7-11-24(19)32(31)25-12-8-6-10-20(25)28(3,4)22-16-18(15-21(27)26(22)32)23-17-29-13-14-30-23;/h5-15,17H,1-4H3;/q-1;. The molecule has 167 valence electrons. The van der Waals surface area contributed by atoms with Crippen molar-refractivity contribution in [3.8, 4) is 11.3 Å². The normalized spacial score (nSPS) is 20.6. The molecule has 5 heteroatoms. The maximum absolute atomic E-state index is 15.3. The van der Waals surface area contributed by atoms with Crippen LogP contribution in [0.2, 0.25) is 0 Å². The summed E-state index contributed by atoms with van der Waals surface area (Å²) in [5.41, 5.74) is 5.41. The van der Waals surface area contributed by atoms with Crippen LogP contribution >= 0.6 is 7.14 Å². The van der Waals surface area contributed by atoms with Crippen molar-refractivity contribution in [1.29, 1.82) is 0 Å². The van der Waals surface area contributed by atoms with E-state index in [0.717, 1.165) is 49.4 Å². The summed E-state index contributed by atoms with van der Waals surface area (Å²) < 4.78 is 15.3. The third-order valence-corrected chi connectivity index (χ3v) is 10.6. The topological polar surface area (TPSA) is 42.9 Å². The largest absolute Gasteiger partial charge is 0.318 e. The molecule has 0 saturated heterocycles. The summed E-state index contributed by atoms with van der Waals surface area (Å²) >= 11 is 0. The Morgan fingerprint density at radius 1 is 0.818 bits per heavy atom. The fourth-order valence-electron chi connectivity index (χ4n) is 5.61. The van der Waals surface area contributed by atoms with Crippen LogP contribution in [0.3, 0.4) is 0 Å². The smallest absolute Gasteiger partial charge is 0.135 e. The van der Waals surface area contributed by atoms with Gasteiger partial charge in [-0.1, -0.05) is 81.5 Å². The van der Waals surface area contributed by atoms with E-state index in [1.165, 1.54) is 0 Å². The van der Waals surface area contributed by atoms with Gasteiger partial charge in [0, 0.05) is 55.0 Å². The number of benzene rings is 3. The number of fused-ring (bicyclic) bond motifs is 4. The first kappa shape index (κ1) is 22.4. The predicted molar refractivity (Wildman–Crippen MR) is 130 cm³/mol. The number of hydrogen-bond donors (Lipinski definition) is 0. The molecular formula is C28H24IrN2OP-. The van der Waals surface area contributed by atoms with Crippen molar-refractivity contribution in [2.24, 2.45) is 0 Å². The molecule has 3 heterocycles. The molecule has 2 aliphatic rings. The van der Waals surface area contributed by atoms with E-state index < -0.39 is 7.14 Å². The number of hydrogen-bond acceptors (Lipinski definition) is 3. The van der Waals surface area contributed by atoms with Gasteiger partial charge in [-0.2, -0.15) is 0 Å². The van der Waals surface area contributed by atoms with Crippen LogP contribution < -0.4 is 15.9 Å². The van der Waals surface area contributed by atoms with Gasteiger partial charge in [-0.25, -0.2) is 0 Å². The molecule has 0 bridgehead atoms. The van der Waals surface area contributed by atoms with E-state index in [9.17, 15) is 0 Å². The van der Waals surface area contributed by atoms with Crippen molar-refractivity contribution < 1.29 is 24.7 Å². The molecule has 0 N–H and O–H groups in total. The van der Waals surface area contributed by atoms with Gasteiger partial charge in [0.25, 0.3) is 0 Å². The monoisotopic (exact) mass is 628 g/mol. The van der Waals surface area contributed by atoms with Crippen LogP contribution in [-0.2, 0) is 35.5 Å². The van der Waals surface area contributed by atoms with Crippen molar-refractivity contribution in [3.63, 3.8) is 0 Å². The minimum atomic E-state index is -3.05. The molecular weight excluding hydrogens is 604 g/mol. The number of aromatic nitrogens is 2. The Hall–Kier alpha value is -2.38. The molecule has 0 saturated carbocycles. The summed E-state index contributed by atoms with van der Waals surface area (Å²) in [5.74, 6) is 0. The predicted octanol–water partition coefficient (Wildman–Crippen LogP) is 4.86. The first-order valence-corrected chi connectivity index (χ1v) is 12.7. The van der Waals surface area contributed by atoms with Crippen LogP contribution in [0.5, 0.6) is 0 Å². The van der Waals surface area contributed by atoms with E-state index in [1.807, 2.05) is 18.2 Å². The minimum Gasteiger partial charge on any atom is -0.318 e. The Kier molecular flexibility index (Phi) is 4.96. The molecule has 0 amide bonds. The van der Waals surface area contributed by atoms with E-state index in [2.05, 4.69) is 80.1 Å². The maximum atomic E-state index is 15.3. The zero-order chi connectivity index (χ0) is 22.3. The fourth-order valence-corrected chi connectivity index (χ4v) is 9.67. The SMILES string of the molecule is CC1(C)c2[c-]c(-c3cnccn3)cc3c2P(=O)(c2ccccc21)c1ccccc1C3(C)C.[Ir]. The summed E-state index contributed by atoms with van der Waals surface area (Å²) in [6.07, 6.45) is 5.17. The van der Waals surface area contributed by atoms with Gasteiger partial charge in [-0.3, -0.25) is 4.98 Å². The second-order valence-corrected chi connectivity index (χ2v) is 12.4. The Balaban J connectivity index is 0.00000228. The Bertz CT molecular complexity index is 1380. The van der Waals surface area contributed by atoms with Gasteiger partial charge in [-0.05, 0) is 22.0 Å². The molecule has 33 heavy (non-hydrogen) atoms. The zero-order valence-electron chi connectivity index (χ0n) is 19.0. The van der Waals surface area contributed by atoms with E-state index in [-0.39, 0.29) is 30.9 Å². The third-order valence-electron chi connectivity index (χ3n) is 7.33. The van der Waals surface area contributed by atoms with Gasteiger partial charge >= 0.3 is 0 Å². The Morgan fingerprint density at radius 3 is 2.03 bits per heavy atom. The molecule has 1 radical (unpaired) electrons. The van der Waals surface area contributed by atoms with Crippen LogP contribution in [0, 0.1) is 6.07 Å². The van der Waals surface area contributed by atoms with Gasteiger partial charge in [0.05, 0.1) is 0 Å². The molecule has 6 rings (SSSR count). The Labute approximate surface area is 208 Å². The second kappa shape index (κ2) is 7.31. The van der Waals surface area contributed by atoms with E-state index in [0.29, 0.717) is 0 Å². The van der Waals surface area contributed by atoms with Crippen molar-refractivity contribution >= 4 is 23.1 Å². The molecule has 3 nitrogen and oxygen atoms in total. The quantitative estimate of drug-likeness (QED) is 0.224. The number of rotatable bonds is 1. The zero-order valence-corrected chi connectivity index (χ0v) is 22.3. The fraction of sp³-hybridized carbons (Fsp3) is 0.214. The van der Waals surface area contributed by atoms with E-state index in [4.69, 9.17) is 0 Å². The molecule has 0 fully saturated rings. The number of nitrogens with zero attached hydrogens (tertiary/aromatic N) is 2. The molecule has 0 aliphatic carbocycles. The van der Waals surface area contributed by atoms with Crippen molar-refractivity contribution in [1.82, 2.24) is 9.97 Å². The van der Waals surface area contributed by atoms with E-state index >= 15 is 4.57 Å². The molecule has 1 aromatic heterocycles. The summed E-state index contributed by atoms with van der Waals surface area (Å²) in [4.78, 5) is 8.83.